The molecule has 0 saturated heterocycles. The number of nitrogens with one attached hydrogen (secondary N) is 1. The van der Waals surface area contributed by atoms with Gasteiger partial charge in [0, 0.05) is 24.2 Å². The van der Waals surface area contributed by atoms with Crippen LogP contribution < -0.4 is 5.32 Å². The molecule has 1 amide bonds. The van der Waals surface area contributed by atoms with Crippen LogP contribution in [0.4, 0.5) is 5.69 Å². The van der Waals surface area contributed by atoms with E-state index in [4.69, 9.17) is 11.6 Å². The molecule has 0 aliphatic heterocycles. The summed E-state index contributed by atoms with van der Waals surface area (Å²) in [6, 6.07) is 5.47. The number of hydrogen-bond donors (Lipinski definition) is 1. The molecule has 0 saturated carbocycles. The molecule has 0 aromatic heterocycles. The summed E-state index contributed by atoms with van der Waals surface area (Å²) in [4.78, 5) is 21.8. The molecular weight excluding hydrogens is 268 g/mol. The predicted octanol–water partition coefficient (Wildman–Crippen LogP) is 2.98. The number of benzene rings is 1. The van der Waals surface area contributed by atoms with E-state index in [1.807, 2.05) is 0 Å². The van der Waals surface area contributed by atoms with Crippen LogP contribution in [0, 0.1) is 16.0 Å². The molecule has 0 bridgehead atoms. The van der Waals surface area contributed by atoms with Crippen LogP contribution in [0.25, 0.3) is 0 Å². The minimum absolute atomic E-state index is 0.0356. The lowest BCUT2D eigenvalue weighted by Gasteiger charge is -2.12. The van der Waals surface area contributed by atoms with Gasteiger partial charge in [0.15, 0.2) is 0 Å². The molecule has 0 heterocycles. The number of amides is 1. The quantitative estimate of drug-likeness (QED) is 0.496. The number of halogens is 1. The van der Waals surface area contributed by atoms with E-state index in [1.165, 1.54) is 24.3 Å². The number of nitrogens with zero attached hydrogens (tertiary/aromatic N) is 1. The Labute approximate surface area is 117 Å². The first-order chi connectivity index (χ1) is 8.90. The average molecular weight is 285 g/mol. The van der Waals surface area contributed by atoms with Crippen molar-refractivity contribution in [3.63, 3.8) is 0 Å². The Bertz CT molecular complexity index is 446. The molecule has 19 heavy (non-hydrogen) atoms. The van der Waals surface area contributed by atoms with Crippen LogP contribution in [0.15, 0.2) is 24.3 Å². The van der Waals surface area contributed by atoms with Crippen LogP contribution in [0.2, 0.25) is 0 Å². The van der Waals surface area contributed by atoms with E-state index in [-0.39, 0.29) is 17.0 Å². The van der Waals surface area contributed by atoms with Crippen LogP contribution in [0.5, 0.6) is 0 Å². The summed E-state index contributed by atoms with van der Waals surface area (Å²) in [7, 11) is 0. The Morgan fingerprint density at radius 2 is 1.95 bits per heavy atom. The molecule has 0 spiro atoms. The Morgan fingerprint density at radius 1 is 1.37 bits per heavy atom. The number of alkyl halides is 1. The molecule has 104 valence electrons. The zero-order chi connectivity index (χ0) is 14.4. The van der Waals surface area contributed by atoms with Gasteiger partial charge in [-0.1, -0.05) is 13.8 Å². The minimum atomic E-state index is -0.501. The van der Waals surface area contributed by atoms with E-state index >= 15 is 0 Å². The highest BCUT2D eigenvalue weighted by Crippen LogP contribution is 2.12. The van der Waals surface area contributed by atoms with Crippen molar-refractivity contribution in [3.8, 4) is 0 Å². The fraction of sp³-hybridized carbons (Fsp3) is 0.462. The Hall–Kier alpha value is -1.62. The van der Waals surface area contributed by atoms with Crippen LogP contribution >= 0.6 is 11.6 Å². The Morgan fingerprint density at radius 3 is 2.42 bits per heavy atom. The van der Waals surface area contributed by atoms with Gasteiger partial charge in [0.1, 0.15) is 0 Å². The highest BCUT2D eigenvalue weighted by Gasteiger charge is 2.12. The third-order valence-electron chi connectivity index (χ3n) is 2.55. The van der Waals surface area contributed by atoms with Gasteiger partial charge in [-0.2, -0.15) is 0 Å². The van der Waals surface area contributed by atoms with Gasteiger partial charge in [0.2, 0.25) is 0 Å². The third-order valence-corrected chi connectivity index (χ3v) is 2.88. The van der Waals surface area contributed by atoms with Crippen molar-refractivity contribution in [1.29, 1.82) is 0 Å². The first kappa shape index (κ1) is 15.4. The lowest BCUT2D eigenvalue weighted by molar-refractivity contribution is -0.384. The van der Waals surface area contributed by atoms with Crippen molar-refractivity contribution >= 4 is 23.2 Å². The van der Waals surface area contributed by atoms with Gasteiger partial charge in [0.25, 0.3) is 11.6 Å². The van der Waals surface area contributed by atoms with Crippen molar-refractivity contribution in [2.45, 2.75) is 25.6 Å². The maximum absolute atomic E-state index is 11.8. The number of nitro groups is 1. The van der Waals surface area contributed by atoms with Gasteiger partial charge in [-0.05, 0) is 24.5 Å². The molecule has 0 aliphatic rings. The zero-order valence-corrected chi connectivity index (χ0v) is 11.7. The minimum Gasteiger partial charge on any atom is -0.351 e. The van der Waals surface area contributed by atoms with Gasteiger partial charge in [-0.25, -0.2) is 0 Å². The average Bonchev–Trinajstić information content (AvgIpc) is 2.35. The SMILES string of the molecule is CC(C)CC(Cl)CNC(=O)c1ccc([N+](=O)[O-])cc1. The molecular formula is C13H17ClN2O3. The van der Waals surface area contributed by atoms with Crippen molar-refractivity contribution in [1.82, 2.24) is 5.32 Å². The van der Waals surface area contributed by atoms with E-state index < -0.39 is 4.92 Å². The van der Waals surface area contributed by atoms with Crippen LogP contribution in [-0.2, 0) is 0 Å². The van der Waals surface area contributed by atoms with Gasteiger partial charge in [0.05, 0.1) is 10.3 Å². The van der Waals surface area contributed by atoms with Crippen molar-refractivity contribution in [3.05, 3.63) is 39.9 Å². The molecule has 1 N–H and O–H groups in total. The number of carbonyl (C=O) groups excluding carboxylic acids is 1. The molecule has 0 radical (unpaired) electrons. The van der Waals surface area contributed by atoms with Gasteiger partial charge < -0.3 is 5.32 Å². The zero-order valence-electron chi connectivity index (χ0n) is 10.9. The lowest BCUT2D eigenvalue weighted by Crippen LogP contribution is -2.30. The summed E-state index contributed by atoms with van der Waals surface area (Å²) in [5, 5.41) is 13.1. The molecule has 1 aromatic carbocycles. The lowest BCUT2D eigenvalue weighted by atomic mass is 10.1. The van der Waals surface area contributed by atoms with Gasteiger partial charge >= 0.3 is 0 Å². The Kier molecular flexibility index (Phi) is 5.76. The first-order valence-electron chi connectivity index (χ1n) is 6.07. The standard InChI is InChI=1S/C13H17ClN2O3/c1-9(2)7-11(14)8-15-13(17)10-3-5-12(6-4-10)16(18)19/h3-6,9,11H,7-8H2,1-2H3,(H,15,17). The largest absolute Gasteiger partial charge is 0.351 e. The molecule has 1 atom stereocenters. The van der Waals surface area contributed by atoms with E-state index in [9.17, 15) is 14.9 Å². The molecule has 1 unspecified atom stereocenters. The molecule has 0 aliphatic carbocycles. The van der Waals surface area contributed by atoms with E-state index in [0.29, 0.717) is 18.0 Å². The van der Waals surface area contributed by atoms with Gasteiger partial charge in [-0.15, -0.1) is 11.6 Å². The molecule has 1 rings (SSSR count). The first-order valence-corrected chi connectivity index (χ1v) is 6.50. The van der Waals surface area contributed by atoms with Gasteiger partial charge in [-0.3, -0.25) is 14.9 Å². The van der Waals surface area contributed by atoms with Crippen LogP contribution in [-0.4, -0.2) is 22.8 Å². The fourth-order valence-electron chi connectivity index (χ4n) is 1.63. The van der Waals surface area contributed by atoms with Crippen molar-refractivity contribution < 1.29 is 9.72 Å². The number of hydrogen-bond acceptors (Lipinski definition) is 3. The molecule has 1 aromatic rings. The topological polar surface area (TPSA) is 72.2 Å². The normalized spacial score (nSPS) is 12.2. The Balaban J connectivity index is 2.52. The maximum atomic E-state index is 11.8. The maximum Gasteiger partial charge on any atom is 0.269 e. The molecule has 0 fully saturated rings. The summed E-state index contributed by atoms with van der Waals surface area (Å²) in [5.74, 6) is 0.197. The van der Waals surface area contributed by atoms with E-state index in [2.05, 4.69) is 19.2 Å². The highest BCUT2D eigenvalue weighted by atomic mass is 35.5. The summed E-state index contributed by atoms with van der Waals surface area (Å²) in [6.45, 7) is 4.51. The highest BCUT2D eigenvalue weighted by molar-refractivity contribution is 6.20. The summed E-state index contributed by atoms with van der Waals surface area (Å²) in [5.41, 5.74) is 0.352. The number of nitro benzene ring substituents is 1. The number of non-ortho nitro benzene ring substituents is 1. The summed E-state index contributed by atoms with van der Waals surface area (Å²) < 4.78 is 0. The smallest absolute Gasteiger partial charge is 0.269 e. The van der Waals surface area contributed by atoms with Crippen LogP contribution in [0.1, 0.15) is 30.6 Å². The van der Waals surface area contributed by atoms with E-state index in [1.54, 1.807) is 0 Å². The summed E-state index contributed by atoms with van der Waals surface area (Å²) in [6.07, 6.45) is 0.822. The second-order valence-corrected chi connectivity index (χ2v) is 5.36. The van der Waals surface area contributed by atoms with Crippen molar-refractivity contribution in [2.24, 2.45) is 5.92 Å². The van der Waals surface area contributed by atoms with E-state index in [0.717, 1.165) is 6.42 Å². The van der Waals surface area contributed by atoms with Crippen LogP contribution in [0.3, 0.4) is 0 Å². The predicted molar refractivity (Wildman–Crippen MR) is 74.5 cm³/mol. The van der Waals surface area contributed by atoms with Crippen molar-refractivity contribution in [2.75, 3.05) is 6.54 Å². The third kappa shape index (κ3) is 5.26. The molecule has 5 nitrogen and oxygen atoms in total. The summed E-state index contributed by atoms with van der Waals surface area (Å²) >= 11 is 6.07. The second-order valence-electron chi connectivity index (χ2n) is 4.74. The second kappa shape index (κ2) is 7.09. The molecule has 6 heteroatoms. The fourth-order valence-corrected chi connectivity index (χ4v) is 2.07. The number of carbonyl (C=O) groups is 1. The number of rotatable bonds is 6. The monoisotopic (exact) mass is 284 g/mol.